The average molecular weight is 502 g/mol. The predicted octanol–water partition coefficient (Wildman–Crippen LogP) is 4.43. The Labute approximate surface area is 213 Å². The highest BCUT2D eigenvalue weighted by molar-refractivity contribution is 8.01. The van der Waals surface area contributed by atoms with Gasteiger partial charge in [0.05, 0.1) is 17.4 Å². The van der Waals surface area contributed by atoms with E-state index in [9.17, 15) is 9.59 Å². The molecule has 2 aromatic carbocycles. The highest BCUT2D eigenvalue weighted by Crippen LogP contribution is 2.51. The number of hydrogen-bond donors (Lipinski definition) is 3. The third kappa shape index (κ3) is 4.18. The fourth-order valence-electron chi connectivity index (χ4n) is 5.09. The standard InChI is InChI=1S/C27H27N5O3S/c1-16-14-19(35-18-7-3-2-4-8-18)9-10-20(16)32-21-11-13-29-26-22(21)23(31-27(32)34)24(36-26)25(33)30-17-6-5-12-28-15-17/h2-4,7-11,13-14,17,23-24,28H,5-6,12,15H2,1H3,(H,30,33)(H,31,34)/t17?,23?,24-/m1/s1. The van der Waals surface area contributed by atoms with Gasteiger partial charge in [0.25, 0.3) is 0 Å². The molecule has 4 heterocycles. The molecule has 3 atom stereocenters. The number of hydrogen-bond acceptors (Lipinski definition) is 6. The molecule has 0 radical (unpaired) electrons. The fraction of sp³-hybridized carbons (Fsp3) is 0.296. The van der Waals surface area contributed by atoms with Crippen LogP contribution in [0.25, 0.3) is 0 Å². The zero-order chi connectivity index (χ0) is 24.6. The highest BCUT2D eigenvalue weighted by atomic mass is 32.2. The van der Waals surface area contributed by atoms with Crippen LogP contribution in [0.1, 0.15) is 30.0 Å². The van der Waals surface area contributed by atoms with E-state index in [1.807, 2.05) is 61.5 Å². The maximum absolute atomic E-state index is 13.4. The quantitative estimate of drug-likeness (QED) is 0.479. The first-order chi connectivity index (χ1) is 17.6. The van der Waals surface area contributed by atoms with Crippen molar-refractivity contribution in [2.45, 2.75) is 42.1 Å². The Hall–Kier alpha value is -3.56. The molecule has 1 saturated heterocycles. The lowest BCUT2D eigenvalue weighted by Gasteiger charge is -2.35. The van der Waals surface area contributed by atoms with E-state index in [1.165, 1.54) is 11.8 Å². The number of benzene rings is 2. The van der Waals surface area contributed by atoms with Gasteiger partial charge in [-0.3, -0.25) is 9.69 Å². The molecule has 8 nitrogen and oxygen atoms in total. The molecule has 6 rings (SSSR count). The minimum Gasteiger partial charge on any atom is -0.457 e. The van der Waals surface area contributed by atoms with Crippen LogP contribution in [0.15, 0.2) is 65.8 Å². The number of aryl methyl sites for hydroxylation is 1. The van der Waals surface area contributed by atoms with Gasteiger partial charge in [0.15, 0.2) is 0 Å². The number of anilines is 2. The number of nitrogens with zero attached hydrogens (tertiary/aromatic N) is 2. The highest BCUT2D eigenvalue weighted by Gasteiger charge is 2.47. The van der Waals surface area contributed by atoms with E-state index in [0.717, 1.165) is 59.2 Å². The van der Waals surface area contributed by atoms with Gasteiger partial charge >= 0.3 is 6.03 Å². The molecule has 0 saturated carbocycles. The van der Waals surface area contributed by atoms with Crippen molar-refractivity contribution in [2.75, 3.05) is 18.0 Å². The third-order valence-electron chi connectivity index (χ3n) is 6.80. The van der Waals surface area contributed by atoms with Crippen molar-refractivity contribution in [3.63, 3.8) is 0 Å². The predicted molar refractivity (Wildman–Crippen MR) is 139 cm³/mol. The molecule has 0 bridgehead atoms. The molecular formula is C27H27N5O3S. The van der Waals surface area contributed by atoms with E-state index in [2.05, 4.69) is 20.9 Å². The summed E-state index contributed by atoms with van der Waals surface area (Å²) in [5.74, 6) is 1.39. The molecule has 0 aliphatic carbocycles. The number of piperidine rings is 1. The molecule has 3 aliphatic heterocycles. The smallest absolute Gasteiger partial charge is 0.327 e. The van der Waals surface area contributed by atoms with Crippen LogP contribution in [0.3, 0.4) is 0 Å². The lowest BCUT2D eigenvalue weighted by atomic mass is 9.99. The fourth-order valence-corrected chi connectivity index (χ4v) is 6.33. The summed E-state index contributed by atoms with van der Waals surface area (Å²) in [4.78, 5) is 32.9. The number of aromatic nitrogens is 1. The maximum atomic E-state index is 13.4. The van der Waals surface area contributed by atoms with Crippen LogP contribution >= 0.6 is 11.8 Å². The molecule has 1 aromatic heterocycles. The summed E-state index contributed by atoms with van der Waals surface area (Å²) in [6.07, 6.45) is 3.70. The van der Waals surface area contributed by atoms with Gasteiger partial charge in [-0.2, -0.15) is 0 Å². The maximum Gasteiger partial charge on any atom is 0.327 e. The summed E-state index contributed by atoms with van der Waals surface area (Å²) in [7, 11) is 0. The monoisotopic (exact) mass is 501 g/mol. The average Bonchev–Trinajstić information content (AvgIpc) is 3.26. The van der Waals surface area contributed by atoms with Crippen molar-refractivity contribution in [3.05, 3.63) is 71.9 Å². The Balaban J connectivity index is 1.27. The first-order valence-corrected chi connectivity index (χ1v) is 13.1. The number of ether oxygens (including phenoxy) is 1. The van der Waals surface area contributed by atoms with Crippen LogP contribution in [-0.2, 0) is 4.79 Å². The van der Waals surface area contributed by atoms with Gasteiger partial charge in [0.1, 0.15) is 21.8 Å². The molecule has 184 valence electrons. The summed E-state index contributed by atoms with van der Waals surface area (Å²) in [5, 5.41) is 9.92. The lowest BCUT2D eigenvalue weighted by molar-refractivity contribution is -0.121. The van der Waals surface area contributed by atoms with Crippen LogP contribution in [0, 0.1) is 6.92 Å². The number of carbonyl (C=O) groups excluding carboxylic acids is 2. The second-order valence-corrected chi connectivity index (χ2v) is 10.4. The molecule has 1 fully saturated rings. The van der Waals surface area contributed by atoms with Crippen LogP contribution < -0.4 is 25.6 Å². The van der Waals surface area contributed by atoms with Crippen LogP contribution in [-0.4, -0.2) is 41.3 Å². The number of thioether (sulfide) groups is 1. The molecular weight excluding hydrogens is 474 g/mol. The minimum absolute atomic E-state index is 0.0602. The SMILES string of the molecule is Cc1cc(Oc2ccccc2)ccc1N1C(=O)NC2c3c1ccnc3S[C@H]2C(=O)NC1CCCNC1. The summed E-state index contributed by atoms with van der Waals surface area (Å²) in [6.45, 7) is 3.71. The number of rotatable bonds is 5. The summed E-state index contributed by atoms with van der Waals surface area (Å²) < 4.78 is 5.97. The van der Waals surface area contributed by atoms with Gasteiger partial charge < -0.3 is 20.7 Å². The number of pyridine rings is 1. The van der Waals surface area contributed by atoms with Crippen LogP contribution in [0.2, 0.25) is 0 Å². The second kappa shape index (κ2) is 9.48. The first-order valence-electron chi connectivity index (χ1n) is 12.2. The Kier molecular flexibility index (Phi) is 6.02. The zero-order valence-corrected chi connectivity index (χ0v) is 20.7. The summed E-state index contributed by atoms with van der Waals surface area (Å²) in [5.41, 5.74) is 3.31. The van der Waals surface area contributed by atoms with E-state index >= 15 is 0 Å². The van der Waals surface area contributed by atoms with Crippen molar-refractivity contribution in [1.29, 1.82) is 0 Å². The van der Waals surface area contributed by atoms with Crippen molar-refractivity contribution >= 4 is 35.1 Å². The summed E-state index contributed by atoms with van der Waals surface area (Å²) in [6, 6.07) is 16.5. The van der Waals surface area contributed by atoms with E-state index in [1.54, 1.807) is 11.1 Å². The Morgan fingerprint density at radius 3 is 2.78 bits per heavy atom. The number of carbonyl (C=O) groups is 2. The molecule has 9 heteroatoms. The Morgan fingerprint density at radius 2 is 2.00 bits per heavy atom. The van der Waals surface area contributed by atoms with Gasteiger partial charge in [-0.1, -0.05) is 30.0 Å². The molecule has 0 spiro atoms. The van der Waals surface area contributed by atoms with E-state index in [0.29, 0.717) is 5.75 Å². The lowest BCUT2D eigenvalue weighted by Crippen LogP contribution is -2.52. The van der Waals surface area contributed by atoms with Gasteiger partial charge in [-0.15, -0.1) is 0 Å². The van der Waals surface area contributed by atoms with E-state index < -0.39 is 11.3 Å². The Bertz CT molecular complexity index is 1310. The Morgan fingerprint density at radius 1 is 1.14 bits per heavy atom. The van der Waals surface area contributed by atoms with Crippen molar-refractivity contribution in [3.8, 4) is 11.5 Å². The minimum atomic E-state index is -0.454. The van der Waals surface area contributed by atoms with Crippen molar-refractivity contribution < 1.29 is 14.3 Å². The molecule has 2 unspecified atom stereocenters. The van der Waals surface area contributed by atoms with Gasteiger partial charge in [-0.05, 0) is 68.3 Å². The normalized spacial score (nSPS) is 22.5. The van der Waals surface area contributed by atoms with Crippen LogP contribution in [0.5, 0.6) is 11.5 Å². The summed E-state index contributed by atoms with van der Waals surface area (Å²) >= 11 is 1.42. The molecule has 3 aliphatic rings. The van der Waals surface area contributed by atoms with E-state index in [-0.39, 0.29) is 18.0 Å². The molecule has 3 aromatic rings. The number of nitrogens with one attached hydrogen (secondary N) is 3. The van der Waals surface area contributed by atoms with Gasteiger partial charge in [0, 0.05) is 24.3 Å². The topological polar surface area (TPSA) is 95.6 Å². The van der Waals surface area contributed by atoms with E-state index in [4.69, 9.17) is 4.74 Å². The number of amides is 3. The number of para-hydroxylation sites is 1. The zero-order valence-electron chi connectivity index (χ0n) is 19.9. The van der Waals surface area contributed by atoms with Gasteiger partial charge in [0.2, 0.25) is 5.91 Å². The number of urea groups is 1. The third-order valence-corrected chi connectivity index (χ3v) is 8.08. The van der Waals surface area contributed by atoms with Crippen molar-refractivity contribution in [1.82, 2.24) is 20.9 Å². The van der Waals surface area contributed by atoms with Gasteiger partial charge in [-0.25, -0.2) is 9.78 Å². The largest absolute Gasteiger partial charge is 0.457 e. The second-order valence-electron chi connectivity index (χ2n) is 9.27. The van der Waals surface area contributed by atoms with Crippen LogP contribution in [0.4, 0.5) is 16.2 Å². The molecule has 3 N–H and O–H groups in total. The first kappa shape index (κ1) is 22.9. The molecule has 36 heavy (non-hydrogen) atoms. The molecule has 3 amide bonds. The van der Waals surface area contributed by atoms with Crippen molar-refractivity contribution in [2.24, 2.45) is 0 Å².